The smallest absolute Gasteiger partial charge is 0.246 e. The first-order valence-corrected chi connectivity index (χ1v) is 9.38. The minimum Gasteiger partial charge on any atom is -0.341 e. The van der Waals surface area contributed by atoms with E-state index < -0.39 is 26.6 Å². The molecule has 2 heterocycles. The van der Waals surface area contributed by atoms with E-state index in [1.165, 1.54) is 0 Å². The highest BCUT2D eigenvalue weighted by Crippen LogP contribution is 2.19. The van der Waals surface area contributed by atoms with Gasteiger partial charge in [-0.25, -0.2) is 31.9 Å². The van der Waals surface area contributed by atoms with E-state index in [4.69, 9.17) is 0 Å². The lowest BCUT2D eigenvalue weighted by Crippen LogP contribution is -2.27. The van der Waals surface area contributed by atoms with Crippen molar-refractivity contribution in [2.24, 2.45) is 0 Å². The topological polar surface area (TPSA) is 75.2 Å². The molecule has 0 atom stereocenters. The second-order valence-corrected chi connectivity index (χ2v) is 7.57. The zero-order valence-electron chi connectivity index (χ0n) is 13.7. The Morgan fingerprint density at radius 3 is 2.44 bits per heavy atom. The number of nitrogens with one attached hydrogen (secondary N) is 1. The van der Waals surface area contributed by atoms with Crippen LogP contribution in [0.15, 0.2) is 29.2 Å². The van der Waals surface area contributed by atoms with Gasteiger partial charge in [0.15, 0.2) is 4.90 Å². The van der Waals surface area contributed by atoms with Crippen molar-refractivity contribution in [2.75, 3.05) is 18.0 Å². The van der Waals surface area contributed by atoms with Crippen molar-refractivity contribution in [3.05, 3.63) is 47.3 Å². The highest BCUT2D eigenvalue weighted by atomic mass is 32.2. The molecule has 0 unspecified atom stereocenters. The number of nitrogens with zero attached hydrogens (tertiary/aromatic N) is 3. The Morgan fingerprint density at radius 1 is 1.16 bits per heavy atom. The van der Waals surface area contributed by atoms with E-state index in [9.17, 15) is 17.2 Å². The van der Waals surface area contributed by atoms with Crippen molar-refractivity contribution in [1.82, 2.24) is 14.7 Å². The average Bonchev–Trinajstić information content (AvgIpc) is 3.07. The molecule has 25 heavy (non-hydrogen) atoms. The van der Waals surface area contributed by atoms with E-state index in [1.54, 1.807) is 13.0 Å². The van der Waals surface area contributed by atoms with E-state index in [-0.39, 0.29) is 6.54 Å². The third-order valence-corrected chi connectivity index (χ3v) is 5.37. The van der Waals surface area contributed by atoms with Crippen LogP contribution in [0.5, 0.6) is 0 Å². The summed E-state index contributed by atoms with van der Waals surface area (Å²) in [5, 5.41) is 0. The molecule has 1 aromatic carbocycles. The number of aryl methyl sites for hydroxylation is 1. The highest BCUT2D eigenvalue weighted by Gasteiger charge is 2.24. The van der Waals surface area contributed by atoms with Crippen molar-refractivity contribution < 1.29 is 17.2 Å². The first-order valence-electron chi connectivity index (χ1n) is 7.90. The lowest BCUT2D eigenvalue weighted by Gasteiger charge is -2.16. The summed E-state index contributed by atoms with van der Waals surface area (Å²) in [6.07, 6.45) is 2.12. The maximum atomic E-state index is 13.7. The highest BCUT2D eigenvalue weighted by molar-refractivity contribution is 7.89. The summed E-state index contributed by atoms with van der Waals surface area (Å²) in [5.74, 6) is -1.72. The van der Waals surface area contributed by atoms with Crippen LogP contribution < -0.4 is 9.62 Å². The van der Waals surface area contributed by atoms with Gasteiger partial charge in [-0.15, -0.1) is 0 Å². The Bertz CT molecular complexity index is 863. The van der Waals surface area contributed by atoms with Crippen molar-refractivity contribution in [3.8, 4) is 0 Å². The third-order valence-electron chi connectivity index (χ3n) is 3.92. The largest absolute Gasteiger partial charge is 0.341 e. The fraction of sp³-hybridized carbons (Fsp3) is 0.375. The molecular weight excluding hydrogens is 350 g/mol. The fourth-order valence-electron chi connectivity index (χ4n) is 2.75. The molecule has 2 aromatic rings. The number of hydrogen-bond donors (Lipinski definition) is 1. The van der Waals surface area contributed by atoms with Gasteiger partial charge in [-0.1, -0.05) is 6.07 Å². The molecule has 0 radical (unpaired) electrons. The van der Waals surface area contributed by atoms with Gasteiger partial charge in [-0.05, 0) is 38.0 Å². The maximum Gasteiger partial charge on any atom is 0.246 e. The van der Waals surface area contributed by atoms with Gasteiger partial charge < -0.3 is 4.90 Å². The number of hydrogen-bond acceptors (Lipinski definition) is 5. The Kier molecular flexibility index (Phi) is 4.96. The summed E-state index contributed by atoms with van der Waals surface area (Å²) in [5.41, 5.74) is 1.14. The van der Waals surface area contributed by atoms with Crippen molar-refractivity contribution in [3.63, 3.8) is 0 Å². The average molecular weight is 368 g/mol. The summed E-state index contributed by atoms with van der Waals surface area (Å²) >= 11 is 0. The number of sulfonamides is 1. The van der Waals surface area contributed by atoms with Gasteiger partial charge in [0.1, 0.15) is 11.6 Å². The quantitative estimate of drug-likeness (QED) is 0.875. The summed E-state index contributed by atoms with van der Waals surface area (Å²) < 4.78 is 54.1. The van der Waals surface area contributed by atoms with Crippen molar-refractivity contribution in [2.45, 2.75) is 31.2 Å². The van der Waals surface area contributed by atoms with Gasteiger partial charge >= 0.3 is 0 Å². The van der Waals surface area contributed by atoms with Crippen LogP contribution in [-0.2, 0) is 16.6 Å². The Labute approximate surface area is 145 Å². The van der Waals surface area contributed by atoms with Gasteiger partial charge in [0.2, 0.25) is 16.0 Å². The predicted octanol–water partition coefficient (Wildman–Crippen LogP) is 2.14. The lowest BCUT2D eigenvalue weighted by atomic mass is 10.3. The standard InChI is InChI=1S/C16H18F2N4O2S/c1-11-9-12(21-16(20-11)22-7-2-3-8-22)10-19-25(23,24)15-13(17)5-4-6-14(15)18/h4-6,9,19H,2-3,7-8,10H2,1H3. The van der Waals surface area contributed by atoms with Gasteiger partial charge in [0.05, 0.1) is 12.2 Å². The van der Waals surface area contributed by atoms with Crippen LogP contribution in [0.1, 0.15) is 24.2 Å². The van der Waals surface area contributed by atoms with Gasteiger partial charge in [-0.3, -0.25) is 0 Å². The van der Waals surface area contributed by atoms with Crippen LogP contribution in [-0.4, -0.2) is 31.5 Å². The zero-order valence-corrected chi connectivity index (χ0v) is 14.5. The molecule has 134 valence electrons. The summed E-state index contributed by atoms with van der Waals surface area (Å²) in [6, 6.07) is 4.55. The molecule has 1 saturated heterocycles. The van der Waals surface area contributed by atoms with E-state index in [2.05, 4.69) is 14.7 Å². The van der Waals surface area contributed by atoms with Crippen LogP contribution in [0.4, 0.5) is 14.7 Å². The zero-order chi connectivity index (χ0) is 18.0. The molecule has 9 heteroatoms. The monoisotopic (exact) mass is 368 g/mol. The third kappa shape index (κ3) is 3.93. The van der Waals surface area contributed by atoms with Crippen LogP contribution in [0, 0.1) is 18.6 Å². The molecule has 1 N–H and O–H groups in total. The normalized spacial score (nSPS) is 14.9. The van der Waals surface area contributed by atoms with Crippen LogP contribution in [0.3, 0.4) is 0 Å². The molecule has 3 rings (SSSR count). The van der Waals surface area contributed by atoms with Gasteiger partial charge in [0.25, 0.3) is 0 Å². The molecule has 0 bridgehead atoms. The van der Waals surface area contributed by atoms with Gasteiger partial charge in [-0.2, -0.15) is 0 Å². The molecule has 0 amide bonds. The van der Waals surface area contributed by atoms with Crippen LogP contribution >= 0.6 is 0 Å². The molecule has 1 aromatic heterocycles. The molecular formula is C16H18F2N4O2S. The van der Waals surface area contributed by atoms with E-state index >= 15 is 0 Å². The summed E-state index contributed by atoms with van der Waals surface area (Å²) in [6.45, 7) is 3.32. The Morgan fingerprint density at radius 2 is 1.80 bits per heavy atom. The second-order valence-electron chi connectivity index (χ2n) is 5.87. The minimum atomic E-state index is -4.34. The van der Waals surface area contributed by atoms with E-state index in [1.807, 2.05) is 4.90 Å². The number of aromatic nitrogens is 2. The number of anilines is 1. The second kappa shape index (κ2) is 7.01. The van der Waals surface area contributed by atoms with Crippen molar-refractivity contribution in [1.29, 1.82) is 0 Å². The number of benzene rings is 1. The van der Waals surface area contributed by atoms with E-state index in [0.29, 0.717) is 17.3 Å². The minimum absolute atomic E-state index is 0.180. The molecule has 0 saturated carbocycles. The summed E-state index contributed by atoms with van der Waals surface area (Å²) in [4.78, 5) is 9.77. The molecule has 0 spiro atoms. The Balaban J connectivity index is 1.81. The summed E-state index contributed by atoms with van der Waals surface area (Å²) in [7, 11) is -4.34. The predicted molar refractivity (Wildman–Crippen MR) is 88.6 cm³/mol. The molecule has 1 aliphatic heterocycles. The first-order chi connectivity index (χ1) is 11.9. The number of rotatable bonds is 5. The number of halogens is 2. The van der Waals surface area contributed by atoms with Crippen LogP contribution in [0.2, 0.25) is 0 Å². The SMILES string of the molecule is Cc1cc(CNS(=O)(=O)c2c(F)cccc2F)nc(N2CCCC2)n1. The molecule has 1 aliphatic rings. The first kappa shape index (κ1) is 17.7. The Hall–Kier alpha value is -2.13. The molecule has 1 fully saturated rings. The van der Waals surface area contributed by atoms with Gasteiger partial charge in [0, 0.05) is 18.8 Å². The van der Waals surface area contributed by atoms with Crippen LogP contribution in [0.25, 0.3) is 0 Å². The lowest BCUT2D eigenvalue weighted by molar-refractivity contribution is 0.513. The molecule has 6 nitrogen and oxygen atoms in total. The fourth-order valence-corrected chi connectivity index (χ4v) is 3.88. The maximum absolute atomic E-state index is 13.7. The molecule has 0 aliphatic carbocycles. The van der Waals surface area contributed by atoms with E-state index in [0.717, 1.165) is 44.1 Å². The van der Waals surface area contributed by atoms with Crippen molar-refractivity contribution >= 4 is 16.0 Å².